The molecule has 1 fully saturated rings. The Bertz CT molecular complexity index is 1220. The van der Waals surface area contributed by atoms with Crippen molar-refractivity contribution in [3.05, 3.63) is 102 Å². The lowest BCUT2D eigenvalue weighted by atomic mass is 10.0. The van der Waals surface area contributed by atoms with E-state index in [0.717, 1.165) is 41.7 Å². The first-order valence-corrected chi connectivity index (χ1v) is 15.0. The van der Waals surface area contributed by atoms with Gasteiger partial charge in [0.2, 0.25) is 5.91 Å². The minimum atomic E-state index is -0.550. The summed E-state index contributed by atoms with van der Waals surface area (Å²) in [6.07, 6.45) is 4.18. The van der Waals surface area contributed by atoms with Gasteiger partial charge in [-0.3, -0.25) is 4.79 Å². The van der Waals surface area contributed by atoms with Gasteiger partial charge in [-0.15, -0.1) is 0 Å². The third-order valence-electron chi connectivity index (χ3n) is 7.57. The van der Waals surface area contributed by atoms with Gasteiger partial charge < -0.3 is 18.9 Å². The zero-order chi connectivity index (χ0) is 29.6. The average molecular weight is 574 g/mol. The minimum absolute atomic E-state index is 0.0376. The Hall–Kier alpha value is -3.68. The monoisotopic (exact) mass is 573 g/mol. The number of nitrogens with zero attached hydrogens (tertiary/aromatic N) is 1. The number of rotatable bonds is 17. The smallest absolute Gasteiger partial charge is 0.416 e. The molecule has 0 aliphatic carbocycles. The number of amides is 2. The van der Waals surface area contributed by atoms with E-state index in [2.05, 4.69) is 19.1 Å². The molecule has 0 aromatic heterocycles. The Labute approximate surface area is 249 Å². The third kappa shape index (κ3) is 9.71. The van der Waals surface area contributed by atoms with E-state index in [1.54, 1.807) is 7.11 Å². The molecule has 4 rings (SSSR count). The van der Waals surface area contributed by atoms with Crippen LogP contribution in [0.25, 0.3) is 0 Å². The number of imide groups is 1. The van der Waals surface area contributed by atoms with Crippen molar-refractivity contribution in [2.45, 2.75) is 83.3 Å². The molecule has 0 bridgehead atoms. The molecule has 0 unspecified atom stereocenters. The standard InChI is InChI=1S/C35H43NO6/c1-3-11-32(40-24-28-14-8-5-9-15-28)23-33(41-25-29-18-20-31(39-2)21-19-29)16-10-17-34(37)36-30(26-42-35(36)38)22-27-12-6-4-7-13-27/h4-9,12-15,18-21,30,32-33H,3,10-11,16-17,22-26H2,1-2H3/t30-,32-,33-/m0/s1. The normalized spacial score (nSPS) is 16.2. The molecule has 0 N–H and O–H groups in total. The van der Waals surface area contributed by atoms with Gasteiger partial charge in [0.1, 0.15) is 12.4 Å². The molecule has 1 heterocycles. The lowest BCUT2D eigenvalue weighted by Gasteiger charge is -2.25. The summed E-state index contributed by atoms with van der Waals surface area (Å²) in [6, 6.07) is 27.6. The maximum absolute atomic E-state index is 13.2. The van der Waals surface area contributed by atoms with Crippen LogP contribution in [-0.2, 0) is 38.6 Å². The van der Waals surface area contributed by atoms with E-state index in [1.165, 1.54) is 4.90 Å². The van der Waals surface area contributed by atoms with E-state index in [0.29, 0.717) is 32.5 Å². The fourth-order valence-corrected chi connectivity index (χ4v) is 5.28. The zero-order valence-electron chi connectivity index (χ0n) is 24.8. The van der Waals surface area contributed by atoms with E-state index in [9.17, 15) is 9.59 Å². The summed E-state index contributed by atoms with van der Waals surface area (Å²) in [4.78, 5) is 27.0. The topological polar surface area (TPSA) is 74.3 Å². The molecule has 3 atom stereocenters. The molecule has 42 heavy (non-hydrogen) atoms. The Kier molecular flexibility index (Phi) is 12.4. The average Bonchev–Trinajstić information content (AvgIpc) is 3.39. The first-order chi connectivity index (χ1) is 20.6. The van der Waals surface area contributed by atoms with Crippen molar-refractivity contribution >= 4 is 12.0 Å². The molecule has 2 amide bonds. The van der Waals surface area contributed by atoms with Crippen LogP contribution in [0.5, 0.6) is 5.75 Å². The second-order valence-electron chi connectivity index (χ2n) is 10.8. The number of ether oxygens (including phenoxy) is 4. The predicted molar refractivity (Wildman–Crippen MR) is 162 cm³/mol. The van der Waals surface area contributed by atoms with Crippen LogP contribution in [-0.4, -0.2) is 48.9 Å². The zero-order valence-corrected chi connectivity index (χ0v) is 24.8. The van der Waals surface area contributed by atoms with E-state index < -0.39 is 6.09 Å². The Morgan fingerprint density at radius 2 is 1.45 bits per heavy atom. The molecular weight excluding hydrogens is 530 g/mol. The van der Waals surface area contributed by atoms with Crippen LogP contribution in [0.2, 0.25) is 0 Å². The van der Waals surface area contributed by atoms with E-state index in [4.69, 9.17) is 18.9 Å². The summed E-state index contributed by atoms with van der Waals surface area (Å²) in [6.45, 7) is 3.39. The van der Waals surface area contributed by atoms with Crippen LogP contribution in [0, 0.1) is 0 Å². The highest BCUT2D eigenvalue weighted by Gasteiger charge is 2.37. The number of carbonyl (C=O) groups is 2. The van der Waals surface area contributed by atoms with Gasteiger partial charge in [0.25, 0.3) is 0 Å². The molecule has 7 heteroatoms. The molecule has 0 spiro atoms. The van der Waals surface area contributed by atoms with E-state index >= 15 is 0 Å². The van der Waals surface area contributed by atoms with Crippen LogP contribution in [0.3, 0.4) is 0 Å². The maximum Gasteiger partial charge on any atom is 0.416 e. The second-order valence-corrected chi connectivity index (χ2v) is 10.8. The van der Waals surface area contributed by atoms with Gasteiger partial charge in [-0.2, -0.15) is 0 Å². The second kappa shape index (κ2) is 16.7. The van der Waals surface area contributed by atoms with Gasteiger partial charge in [0.15, 0.2) is 0 Å². The first kappa shape index (κ1) is 31.3. The Balaban J connectivity index is 1.35. The van der Waals surface area contributed by atoms with Crippen molar-refractivity contribution in [1.82, 2.24) is 4.90 Å². The summed E-state index contributed by atoms with van der Waals surface area (Å²) < 4.78 is 23.3. The van der Waals surface area contributed by atoms with Gasteiger partial charge in [-0.05, 0) is 60.9 Å². The summed E-state index contributed by atoms with van der Waals surface area (Å²) in [5, 5.41) is 0. The van der Waals surface area contributed by atoms with Crippen LogP contribution >= 0.6 is 0 Å². The highest BCUT2D eigenvalue weighted by Crippen LogP contribution is 2.23. The number of cyclic esters (lactones) is 1. The van der Waals surface area contributed by atoms with Crippen molar-refractivity contribution in [2.75, 3.05) is 13.7 Å². The lowest BCUT2D eigenvalue weighted by Crippen LogP contribution is -2.40. The summed E-state index contributed by atoms with van der Waals surface area (Å²) in [5.41, 5.74) is 3.27. The van der Waals surface area contributed by atoms with Crippen LogP contribution < -0.4 is 4.74 Å². The molecule has 7 nitrogen and oxygen atoms in total. The van der Waals surface area contributed by atoms with Crippen molar-refractivity contribution in [1.29, 1.82) is 0 Å². The highest BCUT2D eigenvalue weighted by atomic mass is 16.6. The summed E-state index contributed by atoms with van der Waals surface area (Å²) in [5.74, 6) is 0.606. The maximum atomic E-state index is 13.2. The number of carbonyl (C=O) groups excluding carboxylic acids is 2. The SMILES string of the molecule is CCC[C@@H](C[C@H](CCCC(=O)N1C(=O)OC[C@@H]1Cc1ccccc1)OCc1ccc(OC)cc1)OCc1ccccc1. The van der Waals surface area contributed by atoms with Gasteiger partial charge >= 0.3 is 6.09 Å². The number of benzene rings is 3. The molecule has 0 radical (unpaired) electrons. The summed E-state index contributed by atoms with van der Waals surface area (Å²) >= 11 is 0. The molecule has 1 aliphatic rings. The van der Waals surface area contributed by atoms with E-state index in [-0.39, 0.29) is 37.2 Å². The van der Waals surface area contributed by atoms with Gasteiger partial charge in [-0.1, -0.05) is 86.1 Å². The number of hydrogen-bond donors (Lipinski definition) is 0. The molecule has 224 valence electrons. The number of methoxy groups -OCH3 is 1. The molecule has 1 aliphatic heterocycles. The quantitative estimate of drug-likeness (QED) is 0.171. The predicted octanol–water partition coefficient (Wildman–Crippen LogP) is 7.12. The Morgan fingerprint density at radius 3 is 2.07 bits per heavy atom. The lowest BCUT2D eigenvalue weighted by molar-refractivity contribution is -0.129. The molecule has 0 saturated carbocycles. The largest absolute Gasteiger partial charge is 0.497 e. The fourth-order valence-electron chi connectivity index (χ4n) is 5.28. The van der Waals surface area contributed by atoms with Gasteiger partial charge in [-0.25, -0.2) is 9.69 Å². The fraction of sp³-hybridized carbons (Fsp3) is 0.429. The van der Waals surface area contributed by atoms with Crippen LogP contribution in [0.15, 0.2) is 84.9 Å². The minimum Gasteiger partial charge on any atom is -0.497 e. The molecule has 3 aromatic carbocycles. The van der Waals surface area contributed by atoms with Crippen LogP contribution in [0.1, 0.15) is 62.1 Å². The van der Waals surface area contributed by atoms with Crippen molar-refractivity contribution < 1.29 is 28.5 Å². The van der Waals surface area contributed by atoms with Crippen molar-refractivity contribution in [3.63, 3.8) is 0 Å². The Morgan fingerprint density at radius 1 is 0.857 bits per heavy atom. The third-order valence-corrected chi connectivity index (χ3v) is 7.57. The number of hydrogen-bond acceptors (Lipinski definition) is 6. The first-order valence-electron chi connectivity index (χ1n) is 15.0. The molecule has 1 saturated heterocycles. The van der Waals surface area contributed by atoms with Gasteiger partial charge in [0.05, 0.1) is 38.6 Å². The molecule has 3 aromatic rings. The highest BCUT2D eigenvalue weighted by molar-refractivity contribution is 5.93. The van der Waals surface area contributed by atoms with Crippen molar-refractivity contribution in [3.8, 4) is 5.75 Å². The van der Waals surface area contributed by atoms with Crippen molar-refractivity contribution in [2.24, 2.45) is 0 Å². The summed E-state index contributed by atoms with van der Waals surface area (Å²) in [7, 11) is 1.65. The van der Waals surface area contributed by atoms with Gasteiger partial charge in [0, 0.05) is 6.42 Å². The molecular formula is C35H43NO6. The van der Waals surface area contributed by atoms with Crippen LogP contribution in [0.4, 0.5) is 4.79 Å². The van der Waals surface area contributed by atoms with E-state index in [1.807, 2.05) is 72.8 Å².